The van der Waals surface area contributed by atoms with E-state index >= 15 is 0 Å². The van der Waals surface area contributed by atoms with Crippen molar-refractivity contribution in [1.82, 2.24) is 24.8 Å². The highest BCUT2D eigenvalue weighted by Gasteiger charge is 2.43. The second-order valence-corrected chi connectivity index (χ2v) is 13.0. The van der Waals surface area contributed by atoms with E-state index in [1.54, 1.807) is 38.3 Å². The van der Waals surface area contributed by atoms with Crippen molar-refractivity contribution in [2.75, 3.05) is 45.2 Å². The molecular weight excluding hydrogens is 672 g/mol. The Hall–Kier alpha value is -4.15. The summed E-state index contributed by atoms with van der Waals surface area (Å²) in [5, 5.41) is 5.99. The molecule has 2 aromatic rings. The molecule has 3 aliphatic rings. The minimum atomic E-state index is -5.00. The van der Waals surface area contributed by atoms with Crippen LogP contribution in [-0.4, -0.2) is 108 Å². The molecule has 0 radical (unpaired) electrons. The molecule has 0 aliphatic carbocycles. The van der Waals surface area contributed by atoms with Gasteiger partial charge in [-0.05, 0) is 55.0 Å². The molecule has 2 fully saturated rings. The number of aromatic nitrogens is 2. The number of carbonyl (C=O) groups excluding carboxylic acids is 2. The van der Waals surface area contributed by atoms with Crippen molar-refractivity contribution >= 4 is 24.2 Å². The van der Waals surface area contributed by atoms with Crippen molar-refractivity contribution in [3.8, 4) is 0 Å². The molecule has 17 heteroatoms. The number of rotatable bonds is 10. The van der Waals surface area contributed by atoms with E-state index in [0.717, 1.165) is 17.7 Å². The maximum Gasteiger partial charge on any atom is 0.416 e. The number of methoxy groups -OCH3 is 1. The summed E-state index contributed by atoms with van der Waals surface area (Å²) in [6.45, 7) is 4.93. The van der Waals surface area contributed by atoms with Crippen molar-refractivity contribution in [3.63, 3.8) is 0 Å². The predicted octanol–water partition coefficient (Wildman–Crippen LogP) is 5.55. The summed E-state index contributed by atoms with van der Waals surface area (Å²) in [6, 6.07) is 0.422. The number of hydrogen-bond acceptors (Lipinski definition) is 10. The Bertz CT molecular complexity index is 1490. The number of benzene rings is 1. The van der Waals surface area contributed by atoms with Crippen molar-refractivity contribution in [3.05, 3.63) is 52.8 Å². The van der Waals surface area contributed by atoms with Crippen molar-refractivity contribution in [1.29, 1.82) is 0 Å². The third-order valence-electron chi connectivity index (χ3n) is 9.49. The van der Waals surface area contributed by atoms with Crippen molar-refractivity contribution in [2.24, 2.45) is 5.10 Å². The van der Waals surface area contributed by atoms with Crippen LogP contribution in [0.5, 0.6) is 0 Å². The third-order valence-corrected chi connectivity index (χ3v) is 9.49. The predicted molar refractivity (Wildman–Crippen MR) is 170 cm³/mol. The number of piperidine rings is 1. The van der Waals surface area contributed by atoms with E-state index in [4.69, 9.17) is 4.74 Å². The minimum absolute atomic E-state index is 0.0771. The zero-order valence-corrected chi connectivity index (χ0v) is 28.2. The Balaban J connectivity index is 1.42. The van der Waals surface area contributed by atoms with E-state index in [1.807, 2.05) is 20.9 Å². The average molecular weight is 714 g/mol. The molecule has 5 rings (SSSR count). The second-order valence-electron chi connectivity index (χ2n) is 13.0. The first-order valence-corrected chi connectivity index (χ1v) is 16.5. The van der Waals surface area contributed by atoms with Gasteiger partial charge in [-0.1, -0.05) is 13.8 Å². The van der Waals surface area contributed by atoms with Gasteiger partial charge in [0.05, 0.1) is 24.8 Å². The largest absolute Gasteiger partial charge is 0.468 e. The Kier molecular flexibility index (Phi) is 11.1. The summed E-state index contributed by atoms with van der Waals surface area (Å²) >= 11 is 0. The monoisotopic (exact) mass is 713 g/mol. The number of esters is 1. The molecule has 1 amide bonds. The van der Waals surface area contributed by atoms with Crippen LogP contribution in [0.3, 0.4) is 0 Å². The van der Waals surface area contributed by atoms with Crippen LogP contribution in [0.2, 0.25) is 0 Å². The summed E-state index contributed by atoms with van der Waals surface area (Å²) in [5.74, 6) is -0.322. The topological polar surface area (TPSA) is 104 Å². The number of hydrazone groups is 1. The minimum Gasteiger partial charge on any atom is -0.468 e. The van der Waals surface area contributed by atoms with E-state index in [1.165, 1.54) is 7.11 Å². The number of ether oxygens (including phenoxy) is 2. The van der Waals surface area contributed by atoms with Crippen molar-refractivity contribution in [2.45, 2.75) is 88.6 Å². The summed E-state index contributed by atoms with van der Waals surface area (Å²) in [4.78, 5) is 39.4. The van der Waals surface area contributed by atoms with Gasteiger partial charge in [-0.25, -0.2) is 14.8 Å². The molecule has 1 aromatic carbocycles. The standard InChI is InChI=1S/C33H41F6N7O4/c1-5-25-10-27(11-26(6-2)46(25)31(48)50-28-17-44(18-28)19-29(47)49-4)45(30-40-12-21(13-41-30)22-14-42-43(3)16-22)15-20-7-23(32(34,35)36)9-24(8-20)33(37,38)39/h7-9,12-14,22,25-28H,5-6,10-11,15-19H2,1-4H3/t22?,25-,26+,27?. The number of nitrogens with zero attached hydrogens (tertiary/aromatic N) is 7. The number of likely N-dealkylation sites (N-methyl/N-ethyl adjacent to an activating group) is 1. The molecule has 11 nitrogen and oxygen atoms in total. The van der Waals surface area contributed by atoms with Crippen LogP contribution in [0, 0.1) is 0 Å². The molecule has 274 valence electrons. The van der Waals surface area contributed by atoms with Gasteiger partial charge < -0.3 is 19.3 Å². The van der Waals surface area contributed by atoms with Crippen LogP contribution < -0.4 is 4.90 Å². The highest BCUT2D eigenvalue weighted by Crippen LogP contribution is 2.38. The maximum atomic E-state index is 13.8. The van der Waals surface area contributed by atoms with Crippen LogP contribution in [0.15, 0.2) is 35.7 Å². The van der Waals surface area contributed by atoms with Gasteiger partial charge in [0, 0.05) is 75.9 Å². The Morgan fingerprint density at radius 3 is 1.98 bits per heavy atom. The Morgan fingerprint density at radius 2 is 1.50 bits per heavy atom. The van der Waals surface area contributed by atoms with E-state index in [2.05, 4.69) is 19.8 Å². The lowest BCUT2D eigenvalue weighted by Crippen LogP contribution is -2.60. The lowest BCUT2D eigenvalue weighted by Gasteiger charge is -2.48. The molecular formula is C33H41F6N7O4. The van der Waals surface area contributed by atoms with Crippen LogP contribution in [0.1, 0.15) is 67.7 Å². The van der Waals surface area contributed by atoms with Crippen LogP contribution >= 0.6 is 0 Å². The zero-order valence-electron chi connectivity index (χ0n) is 28.2. The van der Waals surface area contributed by atoms with E-state index in [0.29, 0.717) is 45.3 Å². The molecule has 0 bridgehead atoms. The molecule has 0 spiro atoms. The molecule has 0 N–H and O–H groups in total. The molecule has 1 aromatic heterocycles. The average Bonchev–Trinajstić information content (AvgIpc) is 3.50. The number of hydrogen-bond donors (Lipinski definition) is 0. The zero-order chi connectivity index (χ0) is 36.4. The first kappa shape index (κ1) is 37.1. The molecule has 2 saturated heterocycles. The number of alkyl halides is 6. The Morgan fingerprint density at radius 1 is 0.920 bits per heavy atom. The number of carbonyl (C=O) groups is 2. The highest BCUT2D eigenvalue weighted by molar-refractivity contribution is 5.72. The van der Waals surface area contributed by atoms with Gasteiger partial charge in [-0.15, -0.1) is 0 Å². The number of likely N-dealkylation sites (tertiary alicyclic amines) is 2. The normalized spacial score (nSPS) is 23.2. The van der Waals surface area contributed by atoms with E-state index in [9.17, 15) is 35.9 Å². The summed E-state index contributed by atoms with van der Waals surface area (Å²) < 4.78 is 93.3. The lowest BCUT2D eigenvalue weighted by atomic mass is 9.87. The van der Waals surface area contributed by atoms with Gasteiger partial charge >= 0.3 is 24.4 Å². The van der Waals surface area contributed by atoms with E-state index < -0.39 is 47.7 Å². The molecule has 4 atom stereocenters. The molecule has 2 unspecified atom stereocenters. The quantitative estimate of drug-likeness (QED) is 0.232. The maximum absolute atomic E-state index is 13.8. The van der Waals surface area contributed by atoms with Crippen LogP contribution in [0.4, 0.5) is 37.1 Å². The fourth-order valence-electron chi connectivity index (χ4n) is 6.81. The fraction of sp³-hybridized carbons (Fsp3) is 0.606. The third kappa shape index (κ3) is 8.58. The Labute approximate surface area is 286 Å². The molecule has 50 heavy (non-hydrogen) atoms. The molecule has 0 saturated carbocycles. The number of amides is 1. The van der Waals surface area contributed by atoms with Gasteiger partial charge in [0.1, 0.15) is 6.10 Å². The summed E-state index contributed by atoms with van der Waals surface area (Å²) in [6.07, 6.45) is -4.24. The summed E-state index contributed by atoms with van der Waals surface area (Å²) in [7, 11) is 3.12. The van der Waals surface area contributed by atoms with Gasteiger partial charge in [-0.3, -0.25) is 14.7 Å². The van der Waals surface area contributed by atoms with Gasteiger partial charge in [0.25, 0.3) is 0 Å². The first-order chi connectivity index (χ1) is 23.6. The smallest absolute Gasteiger partial charge is 0.416 e. The van der Waals surface area contributed by atoms with Gasteiger partial charge in [0.15, 0.2) is 0 Å². The highest BCUT2D eigenvalue weighted by atomic mass is 19.4. The SMILES string of the molecule is CC[C@@H]1CC(N(Cc2cc(C(F)(F)F)cc(C(F)(F)F)c2)c2ncc(C3C=NN(C)C3)cn2)C[C@H](CC)N1C(=O)OC1CN(CC(=O)OC)C1. The first-order valence-electron chi connectivity index (χ1n) is 16.5. The molecule has 4 heterocycles. The van der Waals surface area contributed by atoms with Gasteiger partial charge in [-0.2, -0.15) is 31.4 Å². The van der Waals surface area contributed by atoms with Crippen LogP contribution in [-0.2, 0) is 33.2 Å². The molecule has 3 aliphatic heterocycles. The fourth-order valence-corrected chi connectivity index (χ4v) is 6.81. The summed E-state index contributed by atoms with van der Waals surface area (Å²) in [5.41, 5.74) is -2.25. The van der Waals surface area contributed by atoms with Crippen molar-refractivity contribution < 1.29 is 45.4 Å². The van der Waals surface area contributed by atoms with Gasteiger partial charge in [0.2, 0.25) is 5.95 Å². The lowest BCUT2D eigenvalue weighted by molar-refractivity contribution is -0.145. The number of halogens is 6. The van der Waals surface area contributed by atoms with Crippen LogP contribution in [0.25, 0.3) is 0 Å². The second kappa shape index (κ2) is 15.0. The number of anilines is 1. The van der Waals surface area contributed by atoms with E-state index in [-0.39, 0.29) is 48.7 Å².